The predicted molar refractivity (Wildman–Crippen MR) is 94.3 cm³/mol. The first kappa shape index (κ1) is 16.6. The minimum Gasteiger partial charge on any atom is -0.342 e. The summed E-state index contributed by atoms with van der Waals surface area (Å²) in [6.45, 7) is 7.29. The first-order valence-corrected chi connectivity index (χ1v) is 10.0. The lowest BCUT2D eigenvalue weighted by molar-refractivity contribution is -0.166. The number of amides is 1. The number of likely N-dealkylation sites (tertiary alicyclic amines) is 1. The third kappa shape index (κ3) is 1.96. The van der Waals surface area contributed by atoms with Crippen molar-refractivity contribution in [2.75, 3.05) is 7.05 Å². The van der Waals surface area contributed by atoms with Gasteiger partial charge < -0.3 is 9.69 Å². The van der Waals surface area contributed by atoms with E-state index in [-0.39, 0.29) is 16.7 Å². The number of carbonyl (C=O) groups is 2. The van der Waals surface area contributed by atoms with Gasteiger partial charge in [0.15, 0.2) is 0 Å². The second-order valence-electron chi connectivity index (χ2n) is 9.89. The molecule has 1 heterocycles. The van der Waals surface area contributed by atoms with E-state index in [0.29, 0.717) is 23.8 Å². The van der Waals surface area contributed by atoms with Gasteiger partial charge in [0, 0.05) is 25.4 Å². The highest BCUT2D eigenvalue weighted by atomic mass is 16.2. The maximum atomic E-state index is 12.3. The summed E-state index contributed by atoms with van der Waals surface area (Å²) in [5.74, 6) is 3.46. The smallest absolute Gasteiger partial charge is 0.222 e. The quantitative estimate of drug-likeness (QED) is 0.683. The maximum absolute atomic E-state index is 12.3. The number of hydrogen-bond acceptors (Lipinski definition) is 2. The van der Waals surface area contributed by atoms with Gasteiger partial charge in [-0.1, -0.05) is 20.8 Å². The molecule has 24 heavy (non-hydrogen) atoms. The maximum Gasteiger partial charge on any atom is 0.222 e. The van der Waals surface area contributed by atoms with Gasteiger partial charge in [-0.3, -0.25) is 4.79 Å². The van der Waals surface area contributed by atoms with Crippen LogP contribution in [0, 0.1) is 40.4 Å². The van der Waals surface area contributed by atoms with Crippen LogP contribution in [0.25, 0.3) is 0 Å². The monoisotopic (exact) mass is 331 g/mol. The molecule has 0 aromatic heterocycles. The van der Waals surface area contributed by atoms with Crippen LogP contribution in [0.1, 0.15) is 65.7 Å². The van der Waals surface area contributed by atoms with E-state index in [1.54, 1.807) is 0 Å². The molecule has 3 nitrogen and oxygen atoms in total. The van der Waals surface area contributed by atoms with Gasteiger partial charge in [0.2, 0.25) is 5.91 Å². The third-order valence-electron chi connectivity index (χ3n) is 9.17. The molecule has 3 heteroatoms. The molecule has 0 aromatic carbocycles. The van der Waals surface area contributed by atoms with E-state index < -0.39 is 0 Å². The van der Waals surface area contributed by atoms with E-state index in [9.17, 15) is 9.59 Å². The van der Waals surface area contributed by atoms with Crippen LogP contribution in [-0.2, 0) is 9.59 Å². The highest BCUT2D eigenvalue weighted by Gasteiger charge is 2.62. The Bertz CT molecular complexity index is 560. The zero-order valence-corrected chi connectivity index (χ0v) is 15.8. The minimum atomic E-state index is 0.233. The Hall–Kier alpha value is -0.860. The van der Waals surface area contributed by atoms with Crippen molar-refractivity contribution in [3.05, 3.63) is 0 Å². The predicted octanol–water partition coefficient (Wildman–Crippen LogP) is 3.91. The second kappa shape index (κ2) is 5.32. The summed E-state index contributed by atoms with van der Waals surface area (Å²) in [5.41, 5.74) is 0.511. The molecule has 0 aromatic rings. The first-order chi connectivity index (χ1) is 11.3. The van der Waals surface area contributed by atoms with Crippen LogP contribution in [-0.4, -0.2) is 30.2 Å². The van der Waals surface area contributed by atoms with Crippen molar-refractivity contribution in [1.29, 1.82) is 0 Å². The highest BCUT2D eigenvalue weighted by molar-refractivity contribution is 5.77. The summed E-state index contributed by atoms with van der Waals surface area (Å²) < 4.78 is 0. The largest absolute Gasteiger partial charge is 0.342 e. The number of hydrogen-bond donors (Lipinski definition) is 0. The molecule has 8 atom stereocenters. The van der Waals surface area contributed by atoms with Gasteiger partial charge in [-0.05, 0) is 73.0 Å². The fraction of sp³-hybridized carbons (Fsp3) is 0.905. The van der Waals surface area contributed by atoms with Gasteiger partial charge in [-0.15, -0.1) is 0 Å². The Balaban J connectivity index is 1.70. The Morgan fingerprint density at radius 2 is 1.79 bits per heavy atom. The molecule has 0 spiro atoms. The molecule has 0 bridgehead atoms. The van der Waals surface area contributed by atoms with Crippen LogP contribution in [0.4, 0.5) is 0 Å². The summed E-state index contributed by atoms with van der Waals surface area (Å²) in [7, 11) is 2.03. The molecule has 4 aliphatic rings. The Kier molecular flexibility index (Phi) is 3.68. The van der Waals surface area contributed by atoms with E-state index in [0.717, 1.165) is 37.5 Å². The molecule has 134 valence electrons. The SMILES string of the molecule is CC1CC2N(C)C(=O)CCC2(C)C2CCC3(C)C(C=O)CCC3C12. The zero-order valence-electron chi connectivity index (χ0n) is 15.8. The van der Waals surface area contributed by atoms with Crippen LogP contribution in [0.2, 0.25) is 0 Å². The third-order valence-corrected chi connectivity index (χ3v) is 9.17. The lowest BCUT2D eigenvalue weighted by Gasteiger charge is -2.63. The summed E-state index contributed by atoms with van der Waals surface area (Å²) in [6, 6.07) is 0.419. The van der Waals surface area contributed by atoms with Crippen LogP contribution in [0.15, 0.2) is 0 Å². The Morgan fingerprint density at radius 1 is 1.08 bits per heavy atom. The van der Waals surface area contributed by atoms with Crippen molar-refractivity contribution in [3.63, 3.8) is 0 Å². The van der Waals surface area contributed by atoms with E-state index in [1.807, 2.05) is 7.05 Å². The van der Waals surface area contributed by atoms with E-state index in [1.165, 1.54) is 25.5 Å². The molecule has 8 unspecified atom stereocenters. The second-order valence-corrected chi connectivity index (χ2v) is 9.89. The number of nitrogens with zero attached hydrogens (tertiary/aromatic N) is 1. The average molecular weight is 332 g/mol. The van der Waals surface area contributed by atoms with Crippen LogP contribution < -0.4 is 0 Å². The van der Waals surface area contributed by atoms with E-state index in [4.69, 9.17) is 0 Å². The molecule has 0 N–H and O–H groups in total. The molecule has 1 aliphatic heterocycles. The minimum absolute atomic E-state index is 0.233. The standard InChI is InChI=1S/C21H33NO2/c1-13-11-17-21(3,10-8-18(24)22(17)4)16-7-9-20(2)14(12-23)5-6-15(20)19(13)16/h12-17,19H,5-11H2,1-4H3. The fourth-order valence-corrected chi connectivity index (χ4v) is 7.73. The molecular weight excluding hydrogens is 298 g/mol. The fourth-order valence-electron chi connectivity index (χ4n) is 7.73. The number of carbonyl (C=O) groups excluding carboxylic acids is 2. The van der Waals surface area contributed by atoms with Gasteiger partial charge in [-0.25, -0.2) is 0 Å². The molecular formula is C21H33NO2. The topological polar surface area (TPSA) is 37.4 Å². The lowest BCUT2D eigenvalue weighted by atomic mass is 9.45. The molecule has 1 saturated heterocycles. The van der Waals surface area contributed by atoms with Crippen LogP contribution in [0.5, 0.6) is 0 Å². The van der Waals surface area contributed by atoms with E-state index in [2.05, 4.69) is 25.7 Å². The van der Waals surface area contributed by atoms with Crippen molar-refractivity contribution in [3.8, 4) is 0 Å². The number of piperidine rings is 1. The summed E-state index contributed by atoms with van der Waals surface area (Å²) in [6.07, 6.45) is 8.98. The van der Waals surface area contributed by atoms with Crippen molar-refractivity contribution < 1.29 is 9.59 Å². The molecule has 3 aliphatic carbocycles. The van der Waals surface area contributed by atoms with Gasteiger partial charge in [0.25, 0.3) is 0 Å². The van der Waals surface area contributed by atoms with Gasteiger partial charge >= 0.3 is 0 Å². The normalized spacial score (nSPS) is 54.0. The zero-order chi connectivity index (χ0) is 17.3. The van der Waals surface area contributed by atoms with Gasteiger partial charge in [0.1, 0.15) is 6.29 Å². The molecule has 4 rings (SSSR count). The van der Waals surface area contributed by atoms with Crippen LogP contribution >= 0.6 is 0 Å². The molecule has 4 fully saturated rings. The molecule has 0 radical (unpaired) electrons. The number of aldehydes is 1. The van der Waals surface area contributed by atoms with E-state index >= 15 is 0 Å². The molecule has 1 amide bonds. The van der Waals surface area contributed by atoms with Gasteiger partial charge in [0.05, 0.1) is 0 Å². The van der Waals surface area contributed by atoms with Crippen molar-refractivity contribution in [1.82, 2.24) is 4.90 Å². The first-order valence-electron chi connectivity index (χ1n) is 10.0. The Labute approximate surface area is 146 Å². The summed E-state index contributed by atoms with van der Waals surface area (Å²) >= 11 is 0. The Morgan fingerprint density at radius 3 is 2.50 bits per heavy atom. The van der Waals surface area contributed by atoms with Crippen molar-refractivity contribution in [2.45, 2.75) is 71.8 Å². The van der Waals surface area contributed by atoms with Crippen molar-refractivity contribution >= 4 is 12.2 Å². The molecule has 3 saturated carbocycles. The van der Waals surface area contributed by atoms with Crippen molar-refractivity contribution in [2.24, 2.45) is 40.4 Å². The number of rotatable bonds is 1. The highest BCUT2D eigenvalue weighted by Crippen LogP contribution is 2.66. The number of fused-ring (bicyclic) bond motifs is 5. The van der Waals surface area contributed by atoms with Gasteiger partial charge in [-0.2, -0.15) is 0 Å². The van der Waals surface area contributed by atoms with Crippen LogP contribution in [0.3, 0.4) is 0 Å². The lowest BCUT2D eigenvalue weighted by Crippen LogP contribution is -2.63. The average Bonchev–Trinajstić information content (AvgIpc) is 2.90. The summed E-state index contributed by atoms with van der Waals surface area (Å²) in [5, 5.41) is 0. The summed E-state index contributed by atoms with van der Waals surface area (Å²) in [4.78, 5) is 26.0.